The van der Waals surface area contributed by atoms with Crippen LogP contribution in [0.1, 0.15) is 30.1 Å². The Hall–Kier alpha value is -1.22. The van der Waals surface area contributed by atoms with E-state index in [9.17, 15) is 22.7 Å². The largest absolute Gasteiger partial charge is 0.478 e. The summed E-state index contributed by atoms with van der Waals surface area (Å²) in [6.07, 6.45) is 0.0159. The molecule has 21 heavy (non-hydrogen) atoms. The van der Waals surface area contributed by atoms with Gasteiger partial charge < -0.3 is 10.2 Å². The van der Waals surface area contributed by atoms with Gasteiger partial charge in [-0.05, 0) is 25.0 Å². The highest BCUT2D eigenvalue weighted by Gasteiger charge is 2.21. The number of aromatic carboxylic acids is 1. The lowest BCUT2D eigenvalue weighted by molar-refractivity contribution is 0.0696. The maximum Gasteiger partial charge on any atom is 0.337 e. The molecule has 6 nitrogen and oxygen atoms in total. The number of carbonyl (C=O) groups is 1. The molecule has 1 rings (SSSR count). The first kappa shape index (κ1) is 17.8. The van der Waals surface area contributed by atoms with Gasteiger partial charge in [0.05, 0.1) is 21.6 Å². The average molecular weight is 340 g/mol. The van der Waals surface area contributed by atoms with Crippen LogP contribution in [0.2, 0.25) is 5.02 Å². The standard InChI is InChI=1S/C12H15ClFNO5S/c1-2-7(16)3-4-15-21(19,20)8-5-9(12(17)18)11(13)10(14)6-8/h5-7,15-16H,2-4H2,1H3,(H,17,18). The lowest BCUT2D eigenvalue weighted by Gasteiger charge is -2.11. The third kappa shape index (κ3) is 4.63. The number of aliphatic hydroxyl groups is 1. The van der Waals surface area contributed by atoms with Crippen molar-refractivity contribution in [1.82, 2.24) is 4.72 Å². The van der Waals surface area contributed by atoms with Gasteiger partial charge >= 0.3 is 5.97 Å². The van der Waals surface area contributed by atoms with Crippen molar-refractivity contribution >= 4 is 27.6 Å². The van der Waals surface area contributed by atoms with Crippen molar-refractivity contribution in [1.29, 1.82) is 0 Å². The van der Waals surface area contributed by atoms with E-state index in [1.165, 1.54) is 0 Å². The molecule has 1 unspecified atom stereocenters. The number of benzene rings is 1. The molecule has 0 aromatic heterocycles. The minimum atomic E-state index is -4.08. The lowest BCUT2D eigenvalue weighted by atomic mass is 10.2. The van der Waals surface area contributed by atoms with Crippen LogP contribution in [0.15, 0.2) is 17.0 Å². The van der Waals surface area contributed by atoms with E-state index in [-0.39, 0.29) is 13.0 Å². The Labute approximate surface area is 126 Å². The third-order valence-corrected chi connectivity index (χ3v) is 4.61. The SMILES string of the molecule is CCC(O)CCNS(=O)(=O)c1cc(F)c(Cl)c(C(=O)O)c1. The molecule has 0 spiro atoms. The Morgan fingerprint density at radius 3 is 2.62 bits per heavy atom. The van der Waals surface area contributed by atoms with E-state index in [1.807, 2.05) is 0 Å². The highest BCUT2D eigenvalue weighted by molar-refractivity contribution is 7.89. The molecule has 1 atom stereocenters. The van der Waals surface area contributed by atoms with Crippen LogP contribution in [-0.2, 0) is 10.0 Å². The first-order valence-corrected chi connectivity index (χ1v) is 7.95. The molecule has 0 heterocycles. The number of carboxylic acids is 1. The van der Waals surface area contributed by atoms with Crippen molar-refractivity contribution in [3.8, 4) is 0 Å². The maximum atomic E-state index is 13.5. The summed E-state index contributed by atoms with van der Waals surface area (Å²) in [5, 5.41) is 17.5. The van der Waals surface area contributed by atoms with Crippen LogP contribution in [0.3, 0.4) is 0 Å². The van der Waals surface area contributed by atoms with Crippen molar-refractivity contribution < 1.29 is 27.8 Å². The van der Waals surface area contributed by atoms with E-state index >= 15 is 0 Å². The molecule has 1 aromatic rings. The number of carboxylic acid groups (broad SMARTS) is 1. The van der Waals surface area contributed by atoms with Crippen LogP contribution in [0.4, 0.5) is 4.39 Å². The quantitative estimate of drug-likeness (QED) is 0.700. The molecule has 0 bridgehead atoms. The molecule has 0 aliphatic rings. The number of sulfonamides is 1. The monoisotopic (exact) mass is 339 g/mol. The van der Waals surface area contributed by atoms with Crippen LogP contribution in [0.5, 0.6) is 0 Å². The zero-order valence-electron chi connectivity index (χ0n) is 11.1. The number of rotatable bonds is 7. The first-order chi connectivity index (χ1) is 9.69. The summed E-state index contributed by atoms with van der Waals surface area (Å²) in [7, 11) is -4.08. The van der Waals surface area contributed by atoms with Crippen LogP contribution in [-0.4, -0.2) is 37.2 Å². The van der Waals surface area contributed by atoms with Gasteiger partial charge in [-0.3, -0.25) is 0 Å². The van der Waals surface area contributed by atoms with Crippen LogP contribution >= 0.6 is 11.6 Å². The summed E-state index contributed by atoms with van der Waals surface area (Å²) in [5.41, 5.74) is -0.634. The topological polar surface area (TPSA) is 104 Å². The fraction of sp³-hybridized carbons (Fsp3) is 0.417. The fourth-order valence-corrected chi connectivity index (χ4v) is 2.80. The first-order valence-electron chi connectivity index (χ1n) is 6.09. The van der Waals surface area contributed by atoms with Gasteiger partial charge in [0.1, 0.15) is 5.82 Å². The molecular formula is C12H15ClFNO5S. The predicted octanol–water partition coefficient (Wildman–Crippen LogP) is 1.62. The Morgan fingerprint density at radius 2 is 2.10 bits per heavy atom. The predicted molar refractivity (Wildman–Crippen MR) is 74.5 cm³/mol. The number of hydrogen-bond acceptors (Lipinski definition) is 4. The third-order valence-electron chi connectivity index (χ3n) is 2.78. The molecule has 0 aliphatic carbocycles. The van der Waals surface area contributed by atoms with E-state index in [0.29, 0.717) is 12.5 Å². The van der Waals surface area contributed by atoms with E-state index in [0.717, 1.165) is 6.07 Å². The molecule has 0 aliphatic heterocycles. The van der Waals surface area contributed by atoms with Crippen molar-refractivity contribution in [3.05, 3.63) is 28.5 Å². The summed E-state index contributed by atoms with van der Waals surface area (Å²) in [5.74, 6) is -2.66. The second kappa shape index (κ2) is 7.17. The van der Waals surface area contributed by atoms with Gasteiger partial charge in [-0.15, -0.1) is 0 Å². The number of nitrogens with one attached hydrogen (secondary N) is 1. The second-order valence-corrected chi connectivity index (χ2v) is 6.47. The van der Waals surface area contributed by atoms with Crippen molar-refractivity contribution in [2.45, 2.75) is 30.8 Å². The molecule has 118 valence electrons. The molecule has 0 amide bonds. The highest BCUT2D eigenvalue weighted by Crippen LogP contribution is 2.24. The Balaban J connectivity index is 3.01. The maximum absolute atomic E-state index is 13.5. The Kier molecular flexibility index (Phi) is 6.09. The van der Waals surface area contributed by atoms with Gasteiger partial charge in [-0.25, -0.2) is 22.3 Å². The number of halogens is 2. The summed E-state index contributed by atoms with van der Waals surface area (Å²) < 4.78 is 39.6. The average Bonchev–Trinajstić information content (AvgIpc) is 2.40. The normalized spacial score (nSPS) is 13.1. The molecule has 3 N–H and O–H groups in total. The molecule has 0 fully saturated rings. The smallest absolute Gasteiger partial charge is 0.337 e. The van der Waals surface area contributed by atoms with Gasteiger partial charge in [-0.1, -0.05) is 18.5 Å². The van der Waals surface area contributed by atoms with Crippen molar-refractivity contribution in [2.24, 2.45) is 0 Å². The zero-order valence-corrected chi connectivity index (χ0v) is 12.7. The molecule has 1 aromatic carbocycles. The van der Waals surface area contributed by atoms with E-state index in [2.05, 4.69) is 4.72 Å². The van der Waals surface area contributed by atoms with Crippen LogP contribution < -0.4 is 4.72 Å². The molecular weight excluding hydrogens is 325 g/mol. The lowest BCUT2D eigenvalue weighted by Crippen LogP contribution is -2.27. The summed E-state index contributed by atoms with van der Waals surface area (Å²) >= 11 is 5.47. The van der Waals surface area contributed by atoms with Crippen LogP contribution in [0, 0.1) is 5.82 Å². The molecule has 0 saturated heterocycles. The summed E-state index contributed by atoms with van der Waals surface area (Å²) in [4.78, 5) is 10.4. The zero-order chi connectivity index (χ0) is 16.2. The Morgan fingerprint density at radius 1 is 1.48 bits per heavy atom. The number of hydrogen-bond donors (Lipinski definition) is 3. The van der Waals surface area contributed by atoms with Gasteiger partial charge in [0.15, 0.2) is 0 Å². The summed E-state index contributed by atoms with van der Waals surface area (Å²) in [6, 6.07) is 1.43. The van der Waals surface area contributed by atoms with E-state index in [4.69, 9.17) is 16.7 Å². The minimum absolute atomic E-state index is 0.0516. The second-order valence-electron chi connectivity index (χ2n) is 4.32. The summed E-state index contributed by atoms with van der Waals surface area (Å²) in [6.45, 7) is 1.69. The fourth-order valence-electron chi connectivity index (χ4n) is 1.52. The molecule has 9 heteroatoms. The van der Waals surface area contributed by atoms with Crippen LogP contribution in [0.25, 0.3) is 0 Å². The van der Waals surface area contributed by atoms with Gasteiger partial charge in [-0.2, -0.15) is 0 Å². The van der Waals surface area contributed by atoms with Crippen molar-refractivity contribution in [2.75, 3.05) is 6.54 Å². The number of aliphatic hydroxyl groups excluding tert-OH is 1. The minimum Gasteiger partial charge on any atom is -0.478 e. The van der Waals surface area contributed by atoms with Gasteiger partial charge in [0, 0.05) is 6.54 Å². The van der Waals surface area contributed by atoms with Crippen molar-refractivity contribution in [3.63, 3.8) is 0 Å². The van der Waals surface area contributed by atoms with Gasteiger partial charge in [0.2, 0.25) is 10.0 Å². The highest BCUT2D eigenvalue weighted by atomic mass is 35.5. The van der Waals surface area contributed by atoms with Gasteiger partial charge in [0.25, 0.3) is 0 Å². The van der Waals surface area contributed by atoms with E-state index < -0.39 is 43.4 Å². The Bertz CT molecular complexity index is 635. The van der Waals surface area contributed by atoms with E-state index in [1.54, 1.807) is 6.92 Å². The molecule has 0 radical (unpaired) electrons. The molecule has 0 saturated carbocycles.